The fraction of sp³-hybridized carbons (Fsp3) is 0.125. The van der Waals surface area contributed by atoms with Gasteiger partial charge in [-0.05, 0) is 55.0 Å². The topological polar surface area (TPSA) is 84.9 Å². The Balaban J connectivity index is 2.00. The molecule has 0 saturated carbocycles. The van der Waals surface area contributed by atoms with Crippen LogP contribution in [-0.2, 0) is 19.1 Å². The van der Waals surface area contributed by atoms with Crippen molar-refractivity contribution in [2.75, 3.05) is 24.4 Å². The van der Waals surface area contributed by atoms with E-state index in [4.69, 9.17) is 9.47 Å². The summed E-state index contributed by atoms with van der Waals surface area (Å²) >= 11 is 0. The summed E-state index contributed by atoms with van der Waals surface area (Å²) in [6, 6.07) is 14.2. The molecule has 1 amide bonds. The third-order valence-electron chi connectivity index (χ3n) is 4.55. The molecule has 7 nitrogen and oxygen atoms in total. The summed E-state index contributed by atoms with van der Waals surface area (Å²) in [5.41, 5.74) is 2.60. The van der Waals surface area contributed by atoms with E-state index in [-0.39, 0.29) is 17.2 Å². The van der Waals surface area contributed by atoms with Gasteiger partial charge in [0.05, 0.1) is 19.8 Å². The maximum absolute atomic E-state index is 12.8. The predicted octanol–water partition coefficient (Wildman–Crippen LogP) is 3.74. The summed E-state index contributed by atoms with van der Waals surface area (Å²) in [5.74, 6) is -1.70. The number of rotatable bonds is 5. The highest BCUT2D eigenvalue weighted by Gasteiger charge is 2.27. The van der Waals surface area contributed by atoms with Crippen LogP contribution in [0, 0.1) is 6.92 Å². The van der Waals surface area contributed by atoms with Crippen LogP contribution in [0.25, 0.3) is 0 Å². The van der Waals surface area contributed by atoms with Crippen molar-refractivity contribution < 1.29 is 23.9 Å². The lowest BCUT2D eigenvalue weighted by atomic mass is 10.1. The molecule has 1 aliphatic heterocycles. The van der Waals surface area contributed by atoms with Crippen LogP contribution in [0.4, 0.5) is 11.4 Å². The van der Waals surface area contributed by atoms with Crippen molar-refractivity contribution in [1.82, 2.24) is 0 Å². The van der Waals surface area contributed by atoms with Crippen molar-refractivity contribution in [3.63, 3.8) is 0 Å². The van der Waals surface area contributed by atoms with Crippen LogP contribution in [0.1, 0.15) is 15.9 Å². The molecule has 0 atom stereocenters. The molecule has 0 aromatic heterocycles. The van der Waals surface area contributed by atoms with Gasteiger partial charge in [0.15, 0.2) is 0 Å². The molecule has 1 aliphatic rings. The highest BCUT2D eigenvalue weighted by molar-refractivity contribution is 6.07. The molecule has 0 bridgehead atoms. The van der Waals surface area contributed by atoms with E-state index in [0.29, 0.717) is 16.9 Å². The largest absolute Gasteiger partial charge is 0.465 e. The number of hydrogen-bond acceptors (Lipinski definition) is 6. The molecule has 3 rings (SSSR count). The monoisotopic (exact) mass is 418 g/mol. The number of amides is 1. The number of anilines is 2. The first-order chi connectivity index (χ1) is 14.9. The average molecular weight is 418 g/mol. The summed E-state index contributed by atoms with van der Waals surface area (Å²) in [4.78, 5) is 39.1. The lowest BCUT2D eigenvalue weighted by molar-refractivity contribution is -0.139. The SMILES string of the molecule is COC(=O)C1=C(C(=O)OC)N(c2cccc(C(=O)Nc3cccc(C)c3)c2)C=CC=C1. The van der Waals surface area contributed by atoms with Gasteiger partial charge in [0.1, 0.15) is 5.70 Å². The molecule has 0 spiro atoms. The molecule has 7 heteroatoms. The smallest absolute Gasteiger partial charge is 0.355 e. The molecule has 2 aromatic carbocycles. The van der Waals surface area contributed by atoms with E-state index in [1.54, 1.807) is 48.7 Å². The Kier molecular flexibility index (Phi) is 6.67. The standard InChI is InChI=1S/C24H22N2O5/c1-16-8-6-10-18(14-16)25-22(27)17-9-7-11-19(15-17)26-13-5-4-12-20(23(28)30-2)21(26)24(29)31-3/h4-15H,1-3H3,(H,25,27). The van der Waals surface area contributed by atoms with E-state index < -0.39 is 11.9 Å². The third-order valence-corrected chi connectivity index (χ3v) is 4.55. The molecule has 31 heavy (non-hydrogen) atoms. The zero-order valence-corrected chi connectivity index (χ0v) is 17.4. The molecule has 0 fully saturated rings. The number of benzene rings is 2. The van der Waals surface area contributed by atoms with Crippen LogP contribution < -0.4 is 10.2 Å². The second-order valence-corrected chi connectivity index (χ2v) is 6.69. The summed E-state index contributed by atoms with van der Waals surface area (Å²) < 4.78 is 9.71. The second kappa shape index (κ2) is 9.58. The number of aryl methyl sites for hydroxylation is 1. The van der Waals surface area contributed by atoms with Crippen LogP contribution in [0.5, 0.6) is 0 Å². The first-order valence-electron chi connectivity index (χ1n) is 9.47. The van der Waals surface area contributed by atoms with Crippen LogP contribution in [0.2, 0.25) is 0 Å². The van der Waals surface area contributed by atoms with Crippen molar-refractivity contribution in [3.8, 4) is 0 Å². The summed E-state index contributed by atoms with van der Waals surface area (Å²) in [7, 11) is 2.46. The van der Waals surface area contributed by atoms with Gasteiger partial charge in [-0.3, -0.25) is 4.79 Å². The van der Waals surface area contributed by atoms with E-state index in [2.05, 4.69) is 5.32 Å². The number of methoxy groups -OCH3 is 2. The molecular weight excluding hydrogens is 396 g/mol. The van der Waals surface area contributed by atoms with Gasteiger partial charge >= 0.3 is 11.9 Å². The maximum Gasteiger partial charge on any atom is 0.355 e. The fourth-order valence-electron chi connectivity index (χ4n) is 3.09. The molecule has 0 saturated heterocycles. The predicted molar refractivity (Wildman–Crippen MR) is 117 cm³/mol. The van der Waals surface area contributed by atoms with E-state index >= 15 is 0 Å². The van der Waals surface area contributed by atoms with Crippen LogP contribution in [0.3, 0.4) is 0 Å². The Morgan fingerprint density at radius 3 is 2.35 bits per heavy atom. The van der Waals surface area contributed by atoms with Gasteiger partial charge in [-0.15, -0.1) is 0 Å². The summed E-state index contributed by atoms with van der Waals surface area (Å²) in [5, 5.41) is 2.86. The highest BCUT2D eigenvalue weighted by Crippen LogP contribution is 2.27. The minimum Gasteiger partial charge on any atom is -0.465 e. The number of nitrogens with one attached hydrogen (secondary N) is 1. The van der Waals surface area contributed by atoms with Gasteiger partial charge < -0.3 is 19.7 Å². The first kappa shape index (κ1) is 21.6. The molecular formula is C24H22N2O5. The average Bonchev–Trinajstić information content (AvgIpc) is 3.01. The Morgan fingerprint density at radius 2 is 1.65 bits per heavy atom. The van der Waals surface area contributed by atoms with E-state index in [0.717, 1.165) is 5.56 Å². The van der Waals surface area contributed by atoms with Crippen molar-refractivity contribution in [1.29, 1.82) is 0 Å². The zero-order chi connectivity index (χ0) is 22.4. The summed E-state index contributed by atoms with van der Waals surface area (Å²) in [6.07, 6.45) is 6.36. The first-order valence-corrected chi connectivity index (χ1v) is 9.47. The third kappa shape index (κ3) is 4.90. The van der Waals surface area contributed by atoms with E-state index in [9.17, 15) is 14.4 Å². The number of nitrogens with zero attached hydrogens (tertiary/aromatic N) is 1. The van der Waals surface area contributed by atoms with Gasteiger partial charge in [-0.25, -0.2) is 9.59 Å². The van der Waals surface area contributed by atoms with Crippen LogP contribution in [0.15, 0.2) is 84.2 Å². The summed E-state index contributed by atoms with van der Waals surface area (Å²) in [6.45, 7) is 1.94. The number of carbonyl (C=O) groups excluding carboxylic acids is 3. The Bertz CT molecular complexity index is 1110. The number of hydrogen-bond donors (Lipinski definition) is 1. The molecule has 0 aliphatic carbocycles. The normalized spacial score (nSPS) is 12.9. The number of esters is 2. The maximum atomic E-state index is 12.8. The van der Waals surface area contributed by atoms with Crippen molar-refractivity contribution in [2.45, 2.75) is 6.92 Å². The van der Waals surface area contributed by atoms with Crippen molar-refractivity contribution in [3.05, 3.63) is 95.4 Å². The minimum absolute atomic E-state index is 0.0180. The Hall–Kier alpha value is -4.13. The zero-order valence-electron chi connectivity index (χ0n) is 17.4. The molecule has 1 heterocycles. The Morgan fingerprint density at radius 1 is 0.903 bits per heavy atom. The lowest BCUT2D eigenvalue weighted by Crippen LogP contribution is -2.27. The van der Waals surface area contributed by atoms with Gasteiger partial charge in [0, 0.05) is 23.1 Å². The number of allylic oxidation sites excluding steroid dienone is 2. The highest BCUT2D eigenvalue weighted by atomic mass is 16.5. The molecule has 2 aromatic rings. The van der Waals surface area contributed by atoms with Gasteiger partial charge in [0.2, 0.25) is 0 Å². The van der Waals surface area contributed by atoms with E-state index in [1.165, 1.54) is 25.2 Å². The molecule has 1 N–H and O–H groups in total. The van der Waals surface area contributed by atoms with Crippen molar-refractivity contribution in [2.24, 2.45) is 0 Å². The van der Waals surface area contributed by atoms with E-state index in [1.807, 2.05) is 25.1 Å². The fourth-order valence-corrected chi connectivity index (χ4v) is 3.09. The van der Waals surface area contributed by atoms with Gasteiger partial charge in [0.25, 0.3) is 5.91 Å². The van der Waals surface area contributed by atoms with Crippen LogP contribution >= 0.6 is 0 Å². The van der Waals surface area contributed by atoms with Crippen LogP contribution in [-0.4, -0.2) is 32.1 Å². The number of carbonyl (C=O) groups is 3. The van der Waals surface area contributed by atoms with Gasteiger partial charge in [-0.2, -0.15) is 0 Å². The quantitative estimate of drug-likeness (QED) is 0.745. The van der Waals surface area contributed by atoms with Gasteiger partial charge in [-0.1, -0.05) is 24.3 Å². The molecule has 0 unspecified atom stereocenters. The number of ether oxygens (including phenoxy) is 2. The molecule has 158 valence electrons. The second-order valence-electron chi connectivity index (χ2n) is 6.69. The van der Waals surface area contributed by atoms with Crippen molar-refractivity contribution >= 4 is 29.2 Å². The Labute approximate surface area is 180 Å². The molecule has 0 radical (unpaired) electrons. The minimum atomic E-state index is -0.716. The lowest BCUT2D eigenvalue weighted by Gasteiger charge is -2.23.